The standard InChI is InChI=1S/C13H25N3/c1-4-15-13(3,11-14)8-9-16(5-2)10-12-6-7-12/h12,15H,4-10H2,1-3H3. The predicted molar refractivity (Wildman–Crippen MR) is 67.1 cm³/mol. The minimum absolute atomic E-state index is 0.355. The van der Waals surface area contributed by atoms with Crippen molar-refractivity contribution in [2.75, 3.05) is 26.2 Å². The Kier molecular flexibility index (Phi) is 5.24. The van der Waals surface area contributed by atoms with Crippen molar-refractivity contribution in [2.24, 2.45) is 5.92 Å². The Morgan fingerprint density at radius 3 is 2.56 bits per heavy atom. The lowest BCUT2D eigenvalue weighted by atomic mass is 9.99. The molecule has 0 aromatic rings. The van der Waals surface area contributed by atoms with Crippen molar-refractivity contribution in [3.05, 3.63) is 0 Å². The van der Waals surface area contributed by atoms with Gasteiger partial charge in [-0.05, 0) is 45.2 Å². The van der Waals surface area contributed by atoms with E-state index in [0.717, 1.165) is 32.0 Å². The fourth-order valence-corrected chi connectivity index (χ4v) is 2.00. The van der Waals surface area contributed by atoms with E-state index in [-0.39, 0.29) is 5.54 Å². The lowest BCUT2D eigenvalue weighted by Gasteiger charge is -2.27. The van der Waals surface area contributed by atoms with Gasteiger partial charge in [0.15, 0.2) is 0 Å². The second-order valence-corrected chi connectivity index (χ2v) is 5.06. The second kappa shape index (κ2) is 6.22. The lowest BCUT2D eigenvalue weighted by Crippen LogP contribution is -2.44. The van der Waals surface area contributed by atoms with Gasteiger partial charge >= 0.3 is 0 Å². The molecule has 0 saturated heterocycles. The molecule has 0 bridgehead atoms. The Morgan fingerprint density at radius 1 is 1.44 bits per heavy atom. The number of nitrogens with zero attached hydrogens (tertiary/aromatic N) is 2. The average molecular weight is 223 g/mol. The van der Waals surface area contributed by atoms with Crippen LogP contribution in [0.2, 0.25) is 0 Å². The van der Waals surface area contributed by atoms with Gasteiger partial charge < -0.3 is 4.90 Å². The molecule has 1 rings (SSSR count). The molecule has 16 heavy (non-hydrogen) atoms. The molecular weight excluding hydrogens is 198 g/mol. The van der Waals surface area contributed by atoms with Crippen molar-refractivity contribution < 1.29 is 0 Å². The summed E-state index contributed by atoms with van der Waals surface area (Å²) in [7, 11) is 0. The predicted octanol–water partition coefficient (Wildman–Crippen LogP) is 2.00. The van der Waals surface area contributed by atoms with Gasteiger partial charge in [-0.2, -0.15) is 5.26 Å². The van der Waals surface area contributed by atoms with Crippen LogP contribution in [-0.4, -0.2) is 36.6 Å². The lowest BCUT2D eigenvalue weighted by molar-refractivity contribution is 0.247. The van der Waals surface area contributed by atoms with E-state index in [1.165, 1.54) is 19.4 Å². The molecule has 0 heterocycles. The SMILES string of the molecule is CCNC(C)(C#N)CCN(CC)CC1CC1. The third kappa shape index (κ3) is 4.51. The summed E-state index contributed by atoms with van der Waals surface area (Å²) >= 11 is 0. The molecule has 0 aliphatic heterocycles. The van der Waals surface area contributed by atoms with Crippen LogP contribution in [-0.2, 0) is 0 Å². The van der Waals surface area contributed by atoms with E-state index < -0.39 is 0 Å². The number of rotatable bonds is 8. The molecule has 1 aliphatic rings. The highest BCUT2D eigenvalue weighted by Crippen LogP contribution is 2.29. The highest BCUT2D eigenvalue weighted by Gasteiger charge is 2.26. The molecule has 0 amide bonds. The molecule has 0 aromatic heterocycles. The van der Waals surface area contributed by atoms with Crippen LogP contribution in [0.4, 0.5) is 0 Å². The molecule has 0 aromatic carbocycles. The molecule has 1 atom stereocenters. The quantitative estimate of drug-likeness (QED) is 0.684. The summed E-state index contributed by atoms with van der Waals surface area (Å²) in [5, 5.41) is 12.4. The van der Waals surface area contributed by atoms with Crippen molar-refractivity contribution in [1.29, 1.82) is 5.26 Å². The number of nitrogens with one attached hydrogen (secondary N) is 1. The van der Waals surface area contributed by atoms with Crippen LogP contribution in [0.5, 0.6) is 0 Å². The van der Waals surface area contributed by atoms with Crippen LogP contribution in [0.3, 0.4) is 0 Å². The monoisotopic (exact) mass is 223 g/mol. The van der Waals surface area contributed by atoms with E-state index in [4.69, 9.17) is 5.26 Å². The maximum Gasteiger partial charge on any atom is 0.105 e. The summed E-state index contributed by atoms with van der Waals surface area (Å²) in [6, 6.07) is 2.39. The molecule has 3 nitrogen and oxygen atoms in total. The second-order valence-electron chi connectivity index (χ2n) is 5.06. The van der Waals surface area contributed by atoms with E-state index in [9.17, 15) is 0 Å². The van der Waals surface area contributed by atoms with E-state index in [1.54, 1.807) is 0 Å². The third-order valence-electron chi connectivity index (χ3n) is 3.40. The molecule has 92 valence electrons. The first kappa shape index (κ1) is 13.5. The summed E-state index contributed by atoms with van der Waals surface area (Å²) in [4.78, 5) is 2.48. The van der Waals surface area contributed by atoms with Gasteiger partial charge in [0.05, 0.1) is 6.07 Å². The first-order chi connectivity index (χ1) is 7.63. The molecule has 1 N–H and O–H groups in total. The van der Waals surface area contributed by atoms with Gasteiger partial charge in [0, 0.05) is 13.1 Å². The van der Waals surface area contributed by atoms with Gasteiger partial charge in [0.2, 0.25) is 0 Å². The zero-order valence-corrected chi connectivity index (χ0v) is 10.9. The number of hydrogen-bond donors (Lipinski definition) is 1. The third-order valence-corrected chi connectivity index (χ3v) is 3.40. The molecule has 1 saturated carbocycles. The molecule has 0 radical (unpaired) electrons. The molecule has 3 heteroatoms. The first-order valence-corrected chi connectivity index (χ1v) is 6.52. The number of nitriles is 1. The molecule has 1 unspecified atom stereocenters. The minimum atomic E-state index is -0.355. The fourth-order valence-electron chi connectivity index (χ4n) is 2.00. The van der Waals surface area contributed by atoms with Crippen molar-refractivity contribution in [1.82, 2.24) is 10.2 Å². The van der Waals surface area contributed by atoms with Crippen LogP contribution in [0, 0.1) is 17.2 Å². The van der Waals surface area contributed by atoms with E-state index in [2.05, 4.69) is 30.1 Å². The molecule has 1 fully saturated rings. The topological polar surface area (TPSA) is 39.1 Å². The summed E-state index contributed by atoms with van der Waals surface area (Å²) in [6.07, 6.45) is 3.72. The summed E-state index contributed by atoms with van der Waals surface area (Å²) in [5.41, 5.74) is -0.355. The Labute approximate surface area is 99.8 Å². The van der Waals surface area contributed by atoms with Gasteiger partial charge in [-0.3, -0.25) is 5.32 Å². The minimum Gasteiger partial charge on any atom is -0.303 e. The Morgan fingerprint density at radius 2 is 2.12 bits per heavy atom. The zero-order valence-electron chi connectivity index (χ0n) is 10.9. The summed E-state index contributed by atoms with van der Waals surface area (Å²) < 4.78 is 0. The van der Waals surface area contributed by atoms with Gasteiger partial charge in [-0.1, -0.05) is 13.8 Å². The van der Waals surface area contributed by atoms with Crippen LogP contribution in [0.25, 0.3) is 0 Å². The normalized spacial score (nSPS) is 19.4. The first-order valence-electron chi connectivity index (χ1n) is 6.52. The van der Waals surface area contributed by atoms with Crippen LogP contribution in [0.15, 0.2) is 0 Å². The smallest absolute Gasteiger partial charge is 0.105 e. The van der Waals surface area contributed by atoms with Gasteiger partial charge in [0.1, 0.15) is 5.54 Å². The van der Waals surface area contributed by atoms with Crippen LogP contribution < -0.4 is 5.32 Å². The molecular formula is C13H25N3. The van der Waals surface area contributed by atoms with Gasteiger partial charge in [0.25, 0.3) is 0 Å². The van der Waals surface area contributed by atoms with E-state index in [1.807, 2.05) is 6.92 Å². The van der Waals surface area contributed by atoms with Crippen molar-refractivity contribution in [2.45, 2.75) is 45.6 Å². The average Bonchev–Trinajstić information content (AvgIpc) is 3.08. The fraction of sp³-hybridized carbons (Fsp3) is 0.923. The van der Waals surface area contributed by atoms with Gasteiger partial charge in [-0.25, -0.2) is 0 Å². The maximum atomic E-state index is 9.17. The summed E-state index contributed by atoms with van der Waals surface area (Å²) in [5.74, 6) is 0.937. The highest BCUT2D eigenvalue weighted by atomic mass is 15.1. The zero-order chi connectivity index (χ0) is 12.0. The Bertz CT molecular complexity index is 242. The van der Waals surface area contributed by atoms with Crippen LogP contribution >= 0.6 is 0 Å². The van der Waals surface area contributed by atoms with E-state index >= 15 is 0 Å². The Hall–Kier alpha value is -0.590. The van der Waals surface area contributed by atoms with Crippen molar-refractivity contribution in [3.8, 4) is 6.07 Å². The van der Waals surface area contributed by atoms with Gasteiger partial charge in [-0.15, -0.1) is 0 Å². The van der Waals surface area contributed by atoms with E-state index in [0.29, 0.717) is 0 Å². The van der Waals surface area contributed by atoms with Crippen molar-refractivity contribution >= 4 is 0 Å². The maximum absolute atomic E-state index is 9.17. The molecule has 1 aliphatic carbocycles. The van der Waals surface area contributed by atoms with Crippen LogP contribution in [0.1, 0.15) is 40.0 Å². The van der Waals surface area contributed by atoms with Crippen molar-refractivity contribution in [3.63, 3.8) is 0 Å². The number of hydrogen-bond acceptors (Lipinski definition) is 3. The largest absolute Gasteiger partial charge is 0.303 e. The highest BCUT2D eigenvalue weighted by molar-refractivity contribution is 5.03. The summed E-state index contributed by atoms with van der Waals surface area (Å²) in [6.45, 7) is 10.5. The Balaban J connectivity index is 2.31. The molecule has 0 spiro atoms.